The van der Waals surface area contributed by atoms with Gasteiger partial charge in [0.25, 0.3) is 5.69 Å². The maximum Gasteiger partial charge on any atom is 0.328 e. The van der Waals surface area contributed by atoms with Crippen LogP contribution < -0.4 is 0 Å². The second-order valence-electron chi connectivity index (χ2n) is 4.22. The highest BCUT2D eigenvalue weighted by molar-refractivity contribution is 6.21. The first kappa shape index (κ1) is 18.2. The number of hydrogen-bond donors (Lipinski definition) is 0. The molecule has 0 unspecified atom stereocenters. The molecule has 0 fully saturated rings. The number of ketones is 1. The summed E-state index contributed by atoms with van der Waals surface area (Å²) >= 11 is 0. The van der Waals surface area contributed by atoms with Crippen LogP contribution in [0, 0.1) is 21.8 Å². The van der Waals surface area contributed by atoms with Gasteiger partial charge in [-0.25, -0.2) is 4.39 Å². The molecule has 0 saturated carbocycles. The fourth-order valence-electron chi connectivity index (χ4n) is 1.78. The molecule has 1 rings (SSSR count). The molecule has 9 heteroatoms. The quantitative estimate of drug-likeness (QED) is 0.246. The topological polar surface area (TPSA) is 113 Å². The number of ether oxygens (including phenoxy) is 2. The van der Waals surface area contributed by atoms with Crippen LogP contribution in [-0.2, 0) is 19.1 Å². The summed E-state index contributed by atoms with van der Waals surface area (Å²) in [5, 5.41) is 10.9. The van der Waals surface area contributed by atoms with Gasteiger partial charge in [-0.05, 0) is 26.0 Å². The van der Waals surface area contributed by atoms with Gasteiger partial charge in [-0.1, -0.05) is 0 Å². The highest BCUT2D eigenvalue weighted by atomic mass is 19.1. The zero-order valence-electron chi connectivity index (χ0n) is 12.4. The standard InChI is InChI=1S/C14H14FNO7/c1-3-22-13(18)11(14(19)23-4-2)12(17)9-7-8(15)5-6-10(9)16(20)21/h5-7,11H,3-4H2,1-2H3. The normalized spacial score (nSPS) is 10.3. The second-order valence-corrected chi connectivity index (χ2v) is 4.22. The van der Waals surface area contributed by atoms with E-state index in [0.717, 1.165) is 12.1 Å². The highest BCUT2D eigenvalue weighted by Crippen LogP contribution is 2.24. The smallest absolute Gasteiger partial charge is 0.328 e. The van der Waals surface area contributed by atoms with Gasteiger partial charge in [0.1, 0.15) is 5.82 Å². The Hall–Kier alpha value is -2.84. The van der Waals surface area contributed by atoms with Gasteiger partial charge >= 0.3 is 11.9 Å². The van der Waals surface area contributed by atoms with Crippen LogP contribution in [0.5, 0.6) is 0 Å². The number of esters is 2. The SMILES string of the molecule is CCOC(=O)C(C(=O)OCC)C(=O)c1cc(F)ccc1[N+](=O)[O-]. The number of rotatable bonds is 7. The number of halogens is 1. The lowest BCUT2D eigenvalue weighted by atomic mass is 9.96. The van der Waals surface area contributed by atoms with Gasteiger partial charge in [0.2, 0.25) is 5.92 Å². The molecule has 0 aliphatic heterocycles. The summed E-state index contributed by atoms with van der Waals surface area (Å²) in [6, 6.07) is 2.15. The van der Waals surface area contributed by atoms with E-state index in [2.05, 4.69) is 9.47 Å². The fraction of sp³-hybridized carbons (Fsp3) is 0.357. The lowest BCUT2D eigenvalue weighted by molar-refractivity contribution is -0.385. The van der Waals surface area contributed by atoms with Gasteiger partial charge in [-0.15, -0.1) is 0 Å². The molecule has 0 aromatic heterocycles. The first-order valence-corrected chi connectivity index (χ1v) is 6.64. The maximum atomic E-state index is 13.3. The molecule has 0 atom stereocenters. The van der Waals surface area contributed by atoms with Crippen LogP contribution in [-0.4, -0.2) is 35.9 Å². The first-order valence-electron chi connectivity index (χ1n) is 6.64. The lowest BCUT2D eigenvalue weighted by Gasteiger charge is -2.13. The third kappa shape index (κ3) is 4.31. The molecule has 0 saturated heterocycles. The lowest BCUT2D eigenvalue weighted by Crippen LogP contribution is -2.35. The minimum absolute atomic E-state index is 0.118. The van der Waals surface area contributed by atoms with Gasteiger partial charge in [0, 0.05) is 6.07 Å². The Kier molecular flexibility index (Phi) is 6.31. The van der Waals surface area contributed by atoms with Gasteiger partial charge < -0.3 is 9.47 Å². The molecule has 0 heterocycles. The molecule has 124 valence electrons. The maximum absolute atomic E-state index is 13.3. The summed E-state index contributed by atoms with van der Waals surface area (Å²) in [7, 11) is 0. The third-order valence-corrected chi connectivity index (χ3v) is 2.73. The van der Waals surface area contributed by atoms with Crippen molar-refractivity contribution in [3.8, 4) is 0 Å². The van der Waals surface area contributed by atoms with Gasteiger partial charge in [0.15, 0.2) is 5.78 Å². The predicted molar refractivity (Wildman–Crippen MR) is 74.1 cm³/mol. The summed E-state index contributed by atoms with van der Waals surface area (Å²) in [6.07, 6.45) is 0. The van der Waals surface area contributed by atoms with E-state index in [9.17, 15) is 28.9 Å². The number of nitro groups is 1. The van der Waals surface area contributed by atoms with Crippen molar-refractivity contribution < 1.29 is 33.2 Å². The Morgan fingerprint density at radius 3 is 2.13 bits per heavy atom. The minimum Gasteiger partial charge on any atom is -0.465 e. The number of nitro benzene ring substituents is 1. The summed E-state index contributed by atoms with van der Waals surface area (Å²) in [5.41, 5.74) is -1.43. The van der Waals surface area contributed by atoms with E-state index in [1.165, 1.54) is 13.8 Å². The fourth-order valence-corrected chi connectivity index (χ4v) is 1.78. The molecule has 0 amide bonds. The zero-order valence-corrected chi connectivity index (χ0v) is 12.4. The van der Waals surface area contributed by atoms with Crippen molar-refractivity contribution in [1.29, 1.82) is 0 Å². The molecule has 0 aliphatic rings. The van der Waals surface area contributed by atoms with Crippen molar-refractivity contribution in [3.63, 3.8) is 0 Å². The van der Waals surface area contributed by atoms with E-state index < -0.39 is 45.6 Å². The van der Waals surface area contributed by atoms with Crippen molar-refractivity contribution in [3.05, 3.63) is 39.7 Å². The van der Waals surface area contributed by atoms with Crippen molar-refractivity contribution in [2.45, 2.75) is 13.8 Å². The number of carbonyl (C=O) groups is 3. The van der Waals surface area contributed by atoms with Crippen molar-refractivity contribution in [2.24, 2.45) is 5.92 Å². The molecule has 0 aliphatic carbocycles. The van der Waals surface area contributed by atoms with Crippen molar-refractivity contribution >= 4 is 23.4 Å². The second kappa shape index (κ2) is 7.97. The molecule has 0 spiro atoms. The van der Waals surface area contributed by atoms with Crippen LogP contribution in [0.15, 0.2) is 18.2 Å². The Balaban J connectivity index is 3.34. The van der Waals surface area contributed by atoms with Crippen molar-refractivity contribution in [2.75, 3.05) is 13.2 Å². The molecule has 8 nitrogen and oxygen atoms in total. The van der Waals surface area contributed by atoms with Gasteiger partial charge in [-0.2, -0.15) is 0 Å². The highest BCUT2D eigenvalue weighted by Gasteiger charge is 2.40. The van der Waals surface area contributed by atoms with Gasteiger partial charge in [-0.3, -0.25) is 24.5 Å². The van der Waals surface area contributed by atoms with Crippen LogP contribution >= 0.6 is 0 Å². The third-order valence-electron chi connectivity index (χ3n) is 2.73. The predicted octanol–water partition coefficient (Wildman–Crippen LogP) is 1.66. The van der Waals surface area contributed by atoms with Crippen LogP contribution in [0.4, 0.5) is 10.1 Å². The molecule has 1 aromatic carbocycles. The van der Waals surface area contributed by atoms with E-state index in [4.69, 9.17) is 0 Å². The number of carbonyl (C=O) groups excluding carboxylic acids is 3. The number of Topliss-reactive ketones (excluding diaryl/α,β-unsaturated/α-hetero) is 1. The molecule has 23 heavy (non-hydrogen) atoms. The van der Waals surface area contributed by atoms with Crippen molar-refractivity contribution in [1.82, 2.24) is 0 Å². The van der Waals surface area contributed by atoms with Crippen LogP contribution in [0.2, 0.25) is 0 Å². The number of hydrogen-bond acceptors (Lipinski definition) is 7. The van der Waals surface area contributed by atoms with Crippen LogP contribution in [0.3, 0.4) is 0 Å². The Morgan fingerprint density at radius 2 is 1.70 bits per heavy atom. The summed E-state index contributed by atoms with van der Waals surface area (Å²) in [5.74, 6) is -6.65. The molecule has 1 aromatic rings. The molecular weight excluding hydrogens is 313 g/mol. The zero-order chi connectivity index (χ0) is 17.6. The number of benzene rings is 1. The first-order chi connectivity index (χ1) is 10.8. The Labute approximate surface area is 130 Å². The molecular formula is C14H14FNO7. The number of nitrogens with zero attached hydrogens (tertiary/aromatic N) is 1. The average molecular weight is 327 g/mol. The summed E-state index contributed by atoms with van der Waals surface area (Å²) in [6.45, 7) is 2.67. The van der Waals surface area contributed by atoms with E-state index in [1.54, 1.807) is 0 Å². The Bertz CT molecular complexity index is 626. The average Bonchev–Trinajstić information content (AvgIpc) is 2.47. The molecule has 0 N–H and O–H groups in total. The van der Waals surface area contributed by atoms with E-state index in [1.807, 2.05) is 0 Å². The van der Waals surface area contributed by atoms with E-state index in [-0.39, 0.29) is 13.2 Å². The van der Waals surface area contributed by atoms with Crippen LogP contribution in [0.25, 0.3) is 0 Å². The summed E-state index contributed by atoms with van der Waals surface area (Å²) < 4.78 is 22.6. The monoisotopic (exact) mass is 327 g/mol. The molecule has 0 bridgehead atoms. The summed E-state index contributed by atoms with van der Waals surface area (Å²) in [4.78, 5) is 46.1. The molecule has 0 radical (unpaired) electrons. The Morgan fingerprint density at radius 1 is 1.17 bits per heavy atom. The minimum atomic E-state index is -2.05. The van der Waals surface area contributed by atoms with E-state index >= 15 is 0 Å². The van der Waals surface area contributed by atoms with E-state index in [0.29, 0.717) is 6.07 Å². The van der Waals surface area contributed by atoms with Crippen LogP contribution in [0.1, 0.15) is 24.2 Å². The van der Waals surface area contributed by atoms with Gasteiger partial charge in [0.05, 0.1) is 23.7 Å². The largest absolute Gasteiger partial charge is 0.465 e.